The Morgan fingerprint density at radius 3 is 2.15 bits per heavy atom. The maximum atomic E-state index is 12.6. The molecule has 1 fully saturated rings. The minimum absolute atomic E-state index is 0.128. The Kier molecular flexibility index (Phi) is 6.92. The molecule has 0 N–H and O–H groups in total. The molecule has 3 nitrogen and oxygen atoms in total. The van der Waals surface area contributed by atoms with Crippen LogP contribution in [0, 0.1) is 5.92 Å². The van der Waals surface area contributed by atoms with Crippen molar-refractivity contribution >= 4 is 17.5 Å². The summed E-state index contributed by atoms with van der Waals surface area (Å²) < 4.78 is 0. The van der Waals surface area contributed by atoms with E-state index in [2.05, 4.69) is 55.1 Å². The molecule has 0 aromatic heterocycles. The number of piperazine rings is 1. The van der Waals surface area contributed by atoms with Crippen LogP contribution in [0.3, 0.4) is 0 Å². The van der Waals surface area contributed by atoms with E-state index in [9.17, 15) is 4.79 Å². The second-order valence-corrected chi connectivity index (χ2v) is 7.85. The van der Waals surface area contributed by atoms with E-state index >= 15 is 0 Å². The average molecular weight is 385 g/mol. The van der Waals surface area contributed by atoms with Gasteiger partial charge in [0.15, 0.2) is 0 Å². The number of rotatable bonds is 6. The Morgan fingerprint density at radius 1 is 0.963 bits per heavy atom. The van der Waals surface area contributed by atoms with Gasteiger partial charge < -0.3 is 4.90 Å². The average Bonchev–Trinajstić information content (AvgIpc) is 2.71. The molecule has 0 unspecified atom stereocenters. The molecule has 3 rings (SSSR count). The van der Waals surface area contributed by atoms with Gasteiger partial charge in [-0.25, -0.2) is 0 Å². The molecule has 1 heterocycles. The summed E-state index contributed by atoms with van der Waals surface area (Å²) in [5.41, 5.74) is 2.52. The molecule has 144 valence electrons. The van der Waals surface area contributed by atoms with Crippen molar-refractivity contribution in [2.45, 2.75) is 32.7 Å². The molecule has 0 saturated carbocycles. The first kappa shape index (κ1) is 19.9. The number of hydrogen-bond acceptors (Lipinski definition) is 2. The van der Waals surface area contributed by atoms with Crippen LogP contribution < -0.4 is 0 Å². The Morgan fingerprint density at radius 2 is 1.56 bits per heavy atom. The smallest absolute Gasteiger partial charge is 0.225 e. The third kappa shape index (κ3) is 4.91. The predicted octanol–water partition coefficient (Wildman–Crippen LogP) is 5.01. The Balaban J connectivity index is 1.75. The maximum Gasteiger partial charge on any atom is 0.225 e. The topological polar surface area (TPSA) is 23.6 Å². The summed E-state index contributed by atoms with van der Waals surface area (Å²) in [7, 11) is 0. The number of halogens is 1. The van der Waals surface area contributed by atoms with Gasteiger partial charge in [0.2, 0.25) is 5.91 Å². The van der Waals surface area contributed by atoms with E-state index in [1.807, 2.05) is 23.1 Å². The van der Waals surface area contributed by atoms with Gasteiger partial charge in [0, 0.05) is 37.1 Å². The Labute approximate surface area is 167 Å². The highest BCUT2D eigenvalue weighted by Gasteiger charge is 2.29. The van der Waals surface area contributed by atoms with Gasteiger partial charge in [-0.2, -0.15) is 0 Å². The van der Waals surface area contributed by atoms with E-state index in [1.54, 1.807) is 0 Å². The van der Waals surface area contributed by atoms with Gasteiger partial charge in [-0.1, -0.05) is 74.3 Å². The molecule has 2 aromatic carbocycles. The molecular formula is C23H29ClN2O. The van der Waals surface area contributed by atoms with Gasteiger partial charge in [0.05, 0.1) is 6.04 Å². The summed E-state index contributed by atoms with van der Waals surface area (Å²) in [6.45, 7) is 7.55. The summed E-state index contributed by atoms with van der Waals surface area (Å²) in [5.74, 6) is 0.432. The zero-order valence-electron chi connectivity index (χ0n) is 16.3. The number of amides is 1. The third-order valence-electron chi connectivity index (χ3n) is 5.44. The minimum atomic E-state index is 0.128. The van der Waals surface area contributed by atoms with E-state index in [1.165, 1.54) is 11.1 Å². The first-order chi connectivity index (χ1) is 13.1. The van der Waals surface area contributed by atoms with Crippen LogP contribution in [-0.2, 0) is 4.79 Å². The SMILES string of the molecule is CCC[C@@H](C)C(=O)N1CCN([C@H](c2ccccc2)c2ccc(Cl)cc2)CC1. The van der Waals surface area contributed by atoms with Crippen LogP contribution >= 0.6 is 11.6 Å². The highest BCUT2D eigenvalue weighted by atomic mass is 35.5. The molecular weight excluding hydrogens is 356 g/mol. The molecule has 4 heteroatoms. The lowest BCUT2D eigenvalue weighted by atomic mass is 9.96. The summed E-state index contributed by atoms with van der Waals surface area (Å²) in [5, 5.41) is 0.755. The van der Waals surface area contributed by atoms with Gasteiger partial charge in [-0.3, -0.25) is 9.69 Å². The third-order valence-corrected chi connectivity index (χ3v) is 5.69. The van der Waals surface area contributed by atoms with Crippen molar-refractivity contribution in [2.75, 3.05) is 26.2 Å². The molecule has 2 aromatic rings. The number of benzene rings is 2. The van der Waals surface area contributed by atoms with Crippen molar-refractivity contribution in [3.8, 4) is 0 Å². The second kappa shape index (κ2) is 9.38. The summed E-state index contributed by atoms with van der Waals surface area (Å²) in [4.78, 5) is 17.2. The largest absolute Gasteiger partial charge is 0.340 e. The van der Waals surface area contributed by atoms with E-state index in [0.717, 1.165) is 44.0 Å². The van der Waals surface area contributed by atoms with Crippen LogP contribution in [0.5, 0.6) is 0 Å². The van der Waals surface area contributed by atoms with Crippen LogP contribution in [0.15, 0.2) is 54.6 Å². The lowest BCUT2D eigenvalue weighted by Gasteiger charge is -2.40. The van der Waals surface area contributed by atoms with Gasteiger partial charge >= 0.3 is 0 Å². The van der Waals surface area contributed by atoms with E-state index < -0.39 is 0 Å². The van der Waals surface area contributed by atoms with E-state index in [0.29, 0.717) is 5.91 Å². The number of carbonyl (C=O) groups is 1. The van der Waals surface area contributed by atoms with E-state index in [-0.39, 0.29) is 12.0 Å². The van der Waals surface area contributed by atoms with Crippen LogP contribution in [0.25, 0.3) is 0 Å². The first-order valence-electron chi connectivity index (χ1n) is 9.93. The van der Waals surface area contributed by atoms with E-state index in [4.69, 9.17) is 11.6 Å². The van der Waals surface area contributed by atoms with Crippen molar-refractivity contribution in [3.05, 3.63) is 70.7 Å². The van der Waals surface area contributed by atoms with Gasteiger partial charge in [-0.15, -0.1) is 0 Å². The second-order valence-electron chi connectivity index (χ2n) is 7.42. The fourth-order valence-electron chi connectivity index (χ4n) is 3.96. The summed E-state index contributed by atoms with van der Waals surface area (Å²) >= 11 is 6.10. The fourth-order valence-corrected chi connectivity index (χ4v) is 4.09. The van der Waals surface area contributed by atoms with Crippen LogP contribution in [0.1, 0.15) is 43.9 Å². The molecule has 1 aliphatic rings. The number of hydrogen-bond donors (Lipinski definition) is 0. The lowest BCUT2D eigenvalue weighted by molar-refractivity contribution is -0.137. The molecule has 0 radical (unpaired) electrons. The Hall–Kier alpha value is -1.84. The normalized spacial score (nSPS) is 17.5. The fraction of sp³-hybridized carbons (Fsp3) is 0.435. The molecule has 27 heavy (non-hydrogen) atoms. The molecule has 1 amide bonds. The quantitative estimate of drug-likeness (QED) is 0.698. The van der Waals surface area contributed by atoms with Crippen LogP contribution in [0.4, 0.5) is 0 Å². The first-order valence-corrected chi connectivity index (χ1v) is 10.3. The monoisotopic (exact) mass is 384 g/mol. The predicted molar refractivity (Wildman–Crippen MR) is 112 cm³/mol. The van der Waals surface area contributed by atoms with Crippen molar-refractivity contribution < 1.29 is 4.79 Å². The number of carbonyl (C=O) groups excluding carboxylic acids is 1. The number of nitrogens with zero attached hydrogens (tertiary/aromatic N) is 2. The van der Waals surface area contributed by atoms with Crippen LogP contribution in [0.2, 0.25) is 5.02 Å². The zero-order valence-corrected chi connectivity index (χ0v) is 17.0. The molecule has 1 aliphatic heterocycles. The van der Waals surface area contributed by atoms with Crippen molar-refractivity contribution in [1.82, 2.24) is 9.80 Å². The van der Waals surface area contributed by atoms with Gasteiger partial charge in [0.25, 0.3) is 0 Å². The molecule has 1 saturated heterocycles. The molecule has 2 atom stereocenters. The minimum Gasteiger partial charge on any atom is -0.340 e. The summed E-state index contributed by atoms with van der Waals surface area (Å²) in [6.07, 6.45) is 2.02. The maximum absolute atomic E-state index is 12.6. The van der Waals surface area contributed by atoms with Crippen molar-refractivity contribution in [1.29, 1.82) is 0 Å². The lowest BCUT2D eigenvalue weighted by Crippen LogP contribution is -2.51. The standard InChI is InChI=1S/C23H29ClN2O/c1-3-7-18(2)23(27)26-16-14-25(15-17-26)22(19-8-5-4-6-9-19)20-10-12-21(24)13-11-20/h4-6,8-13,18,22H,3,7,14-17H2,1-2H3/t18-,22-/m1/s1. The Bertz CT molecular complexity index is 724. The highest BCUT2D eigenvalue weighted by Crippen LogP contribution is 2.30. The molecule has 0 bridgehead atoms. The highest BCUT2D eigenvalue weighted by molar-refractivity contribution is 6.30. The summed E-state index contributed by atoms with van der Waals surface area (Å²) in [6, 6.07) is 18.9. The van der Waals surface area contributed by atoms with Crippen molar-refractivity contribution in [2.24, 2.45) is 5.92 Å². The van der Waals surface area contributed by atoms with Crippen molar-refractivity contribution in [3.63, 3.8) is 0 Å². The zero-order chi connectivity index (χ0) is 19.2. The molecule has 0 spiro atoms. The molecule has 0 aliphatic carbocycles. The van der Waals surface area contributed by atoms with Gasteiger partial charge in [0.1, 0.15) is 0 Å². The van der Waals surface area contributed by atoms with Crippen LogP contribution in [-0.4, -0.2) is 41.9 Å². The van der Waals surface area contributed by atoms with Gasteiger partial charge in [-0.05, 0) is 29.7 Å².